The third-order valence-electron chi connectivity index (χ3n) is 8.99. The Morgan fingerprint density at radius 2 is 1.48 bits per heavy atom. The molecular weight excluding hydrogens is 308 g/mol. The summed E-state index contributed by atoms with van der Waals surface area (Å²) in [4.78, 5) is 14.2. The first-order valence-corrected chi connectivity index (χ1v) is 9.78. The maximum atomic E-state index is 14.2. The number of aliphatic hydroxyl groups is 1. The average molecular weight is 343 g/mol. The Kier molecular flexibility index (Phi) is 3.70. The smallest absolute Gasteiger partial charge is 0.153 e. The summed E-state index contributed by atoms with van der Waals surface area (Å²) in [5.74, 6) is 0.249. The van der Waals surface area contributed by atoms with Gasteiger partial charge in [-0.05, 0) is 42.2 Å². The fourth-order valence-corrected chi connectivity index (χ4v) is 6.75. The minimum atomic E-state index is -1.02. The third-order valence-corrected chi connectivity index (χ3v) is 8.99. The standard InChI is InChI=1S/C23H34O2/c1-9-22-17-14-12-11-13-16(17)20(6,7)21(8,18(22)24)23(25,10-2)15(3)19(22,4)5/h11-15,25H,9-10H2,1-8H3. The van der Waals surface area contributed by atoms with Gasteiger partial charge in [0.1, 0.15) is 0 Å². The fraction of sp³-hybridized carbons (Fsp3) is 0.696. The Morgan fingerprint density at radius 1 is 0.960 bits per heavy atom. The zero-order valence-corrected chi connectivity index (χ0v) is 17.2. The molecule has 0 radical (unpaired) electrons. The molecule has 25 heavy (non-hydrogen) atoms. The Bertz CT molecular complexity index is 731. The summed E-state index contributed by atoms with van der Waals surface area (Å²) in [6.45, 7) is 17.0. The molecule has 0 aromatic heterocycles. The van der Waals surface area contributed by atoms with Crippen LogP contribution in [0.5, 0.6) is 0 Å². The average Bonchev–Trinajstić information content (AvgIpc) is 2.58. The van der Waals surface area contributed by atoms with Crippen LogP contribution in [0.1, 0.15) is 79.4 Å². The van der Waals surface area contributed by atoms with Gasteiger partial charge in [-0.15, -0.1) is 0 Å². The zero-order valence-electron chi connectivity index (χ0n) is 17.2. The molecule has 0 aliphatic heterocycles. The van der Waals surface area contributed by atoms with Gasteiger partial charge in [0.25, 0.3) is 0 Å². The lowest BCUT2D eigenvalue weighted by atomic mass is 9.31. The van der Waals surface area contributed by atoms with Crippen molar-refractivity contribution >= 4 is 5.78 Å². The van der Waals surface area contributed by atoms with E-state index in [-0.39, 0.29) is 17.1 Å². The molecule has 1 fully saturated rings. The molecule has 2 heteroatoms. The second kappa shape index (κ2) is 4.97. The maximum Gasteiger partial charge on any atom is 0.153 e. The highest BCUT2D eigenvalue weighted by molar-refractivity contribution is 6.01. The SMILES string of the molecule is CCC12C(=O)C(C)(C(C)(C)c3ccccc31)C(O)(CC)C(C)C2(C)C. The number of hydrogen-bond acceptors (Lipinski definition) is 2. The second-order valence-corrected chi connectivity index (χ2v) is 9.60. The van der Waals surface area contributed by atoms with E-state index in [1.807, 2.05) is 13.8 Å². The maximum absolute atomic E-state index is 14.2. The van der Waals surface area contributed by atoms with E-state index in [2.05, 4.69) is 65.8 Å². The number of fused-ring (bicyclic) bond motifs is 4. The Morgan fingerprint density at radius 3 is 1.96 bits per heavy atom. The van der Waals surface area contributed by atoms with E-state index >= 15 is 0 Å². The number of carbonyl (C=O) groups excluding carboxylic acids is 1. The predicted octanol–water partition coefficient (Wildman–Crippen LogP) is 5.02. The summed E-state index contributed by atoms with van der Waals surface area (Å²) in [5, 5.41) is 12.0. The molecule has 2 nitrogen and oxygen atoms in total. The van der Waals surface area contributed by atoms with E-state index in [0.29, 0.717) is 6.42 Å². The van der Waals surface area contributed by atoms with Crippen LogP contribution >= 0.6 is 0 Å². The van der Waals surface area contributed by atoms with E-state index in [9.17, 15) is 9.90 Å². The monoisotopic (exact) mass is 342 g/mol. The van der Waals surface area contributed by atoms with Crippen LogP contribution in [0.15, 0.2) is 24.3 Å². The van der Waals surface area contributed by atoms with Crippen molar-refractivity contribution in [2.45, 2.75) is 84.7 Å². The summed E-state index contributed by atoms with van der Waals surface area (Å²) < 4.78 is 0. The van der Waals surface area contributed by atoms with Gasteiger partial charge >= 0.3 is 0 Å². The van der Waals surface area contributed by atoms with Crippen molar-refractivity contribution in [1.29, 1.82) is 0 Å². The van der Waals surface area contributed by atoms with Crippen molar-refractivity contribution in [1.82, 2.24) is 0 Å². The second-order valence-electron chi connectivity index (χ2n) is 9.60. The van der Waals surface area contributed by atoms with Crippen LogP contribution in [0.2, 0.25) is 0 Å². The first-order valence-electron chi connectivity index (χ1n) is 9.78. The van der Waals surface area contributed by atoms with E-state index < -0.39 is 21.8 Å². The molecule has 1 aromatic carbocycles. The third kappa shape index (κ3) is 1.60. The number of rotatable bonds is 2. The largest absolute Gasteiger partial charge is 0.389 e. The van der Waals surface area contributed by atoms with Crippen LogP contribution in [0.25, 0.3) is 0 Å². The van der Waals surface area contributed by atoms with Gasteiger partial charge in [-0.2, -0.15) is 0 Å². The molecule has 1 N–H and O–H groups in total. The van der Waals surface area contributed by atoms with Gasteiger partial charge < -0.3 is 5.11 Å². The van der Waals surface area contributed by atoms with Gasteiger partial charge in [-0.1, -0.05) is 72.7 Å². The zero-order chi connectivity index (χ0) is 19.1. The van der Waals surface area contributed by atoms with Crippen molar-refractivity contribution in [2.24, 2.45) is 16.7 Å². The number of hydrogen-bond donors (Lipinski definition) is 1. The van der Waals surface area contributed by atoms with Crippen LogP contribution in [0.4, 0.5) is 0 Å². The molecule has 1 saturated carbocycles. The molecule has 0 amide bonds. The van der Waals surface area contributed by atoms with E-state index in [1.165, 1.54) is 11.1 Å². The van der Waals surface area contributed by atoms with Crippen molar-refractivity contribution in [3.8, 4) is 0 Å². The van der Waals surface area contributed by atoms with Crippen LogP contribution in [-0.4, -0.2) is 16.5 Å². The highest BCUT2D eigenvalue weighted by atomic mass is 16.3. The predicted molar refractivity (Wildman–Crippen MR) is 103 cm³/mol. The highest BCUT2D eigenvalue weighted by Crippen LogP contribution is 2.71. The fourth-order valence-electron chi connectivity index (χ4n) is 6.75. The molecule has 1 aromatic rings. The van der Waals surface area contributed by atoms with Crippen LogP contribution in [0, 0.1) is 16.7 Å². The molecule has 2 aliphatic carbocycles. The number of Topliss-reactive ketones (excluding diaryl/α,β-unsaturated/α-hetero) is 1. The van der Waals surface area contributed by atoms with Crippen LogP contribution in [-0.2, 0) is 15.6 Å². The van der Waals surface area contributed by atoms with Gasteiger partial charge in [-0.25, -0.2) is 0 Å². The van der Waals surface area contributed by atoms with E-state index in [4.69, 9.17) is 0 Å². The molecule has 138 valence electrons. The van der Waals surface area contributed by atoms with Crippen LogP contribution in [0.3, 0.4) is 0 Å². The summed E-state index contributed by atoms with van der Waals surface area (Å²) in [7, 11) is 0. The molecule has 0 heterocycles. The Balaban J connectivity index is 2.56. The topological polar surface area (TPSA) is 37.3 Å². The lowest BCUT2D eigenvalue weighted by molar-refractivity contribution is -0.227. The Hall–Kier alpha value is -1.15. The lowest BCUT2D eigenvalue weighted by Crippen LogP contribution is -2.78. The van der Waals surface area contributed by atoms with Gasteiger partial charge in [-0.3, -0.25) is 4.79 Å². The molecular formula is C23H34O2. The van der Waals surface area contributed by atoms with Crippen molar-refractivity contribution in [2.75, 3.05) is 0 Å². The van der Waals surface area contributed by atoms with Gasteiger partial charge in [0.05, 0.1) is 16.4 Å². The highest BCUT2D eigenvalue weighted by Gasteiger charge is 2.77. The molecule has 4 unspecified atom stereocenters. The molecule has 3 rings (SSSR count). The normalized spacial score (nSPS) is 41.3. The van der Waals surface area contributed by atoms with Crippen LogP contribution < -0.4 is 0 Å². The van der Waals surface area contributed by atoms with E-state index in [0.717, 1.165) is 6.42 Å². The first kappa shape index (κ1) is 18.6. The number of carbonyl (C=O) groups is 1. The summed E-state index contributed by atoms with van der Waals surface area (Å²) >= 11 is 0. The number of ketones is 1. The summed E-state index contributed by atoms with van der Waals surface area (Å²) in [6.07, 6.45) is 1.36. The lowest BCUT2D eigenvalue weighted by Gasteiger charge is -2.71. The minimum absolute atomic E-state index is 0.0141. The van der Waals surface area contributed by atoms with Gasteiger partial charge in [0.2, 0.25) is 0 Å². The quantitative estimate of drug-likeness (QED) is 0.819. The molecule has 0 spiro atoms. The van der Waals surface area contributed by atoms with Crippen molar-refractivity contribution in [3.63, 3.8) is 0 Å². The molecule has 0 saturated heterocycles. The van der Waals surface area contributed by atoms with Gasteiger partial charge in [0.15, 0.2) is 5.78 Å². The van der Waals surface area contributed by atoms with Crippen molar-refractivity contribution in [3.05, 3.63) is 35.4 Å². The molecule has 4 atom stereocenters. The van der Waals surface area contributed by atoms with E-state index in [1.54, 1.807) is 0 Å². The van der Waals surface area contributed by atoms with Crippen molar-refractivity contribution < 1.29 is 9.90 Å². The molecule has 2 bridgehead atoms. The Labute approximate surface area is 153 Å². The summed E-state index contributed by atoms with van der Waals surface area (Å²) in [6, 6.07) is 8.46. The summed E-state index contributed by atoms with van der Waals surface area (Å²) in [5.41, 5.74) is -0.720. The first-order chi connectivity index (χ1) is 11.4. The molecule has 2 aliphatic rings. The number of benzene rings is 1. The van der Waals surface area contributed by atoms with Gasteiger partial charge in [0, 0.05) is 5.41 Å². The minimum Gasteiger partial charge on any atom is -0.389 e.